The number of rotatable bonds is 7. The molecule has 1 rings (SSSR count). The van der Waals surface area contributed by atoms with Crippen LogP contribution in [0.1, 0.15) is 47.3 Å². The molecule has 0 aromatic carbocycles. The summed E-state index contributed by atoms with van der Waals surface area (Å²) in [5.41, 5.74) is 0.832. The zero-order valence-electron chi connectivity index (χ0n) is 12.6. The molecule has 0 aliphatic rings. The Kier molecular flexibility index (Phi) is 6.58. The van der Waals surface area contributed by atoms with Gasteiger partial charge in [0.15, 0.2) is 0 Å². The Hall–Kier alpha value is -2.18. The Bertz CT molecular complexity index is 566. The van der Waals surface area contributed by atoms with Gasteiger partial charge in [-0.2, -0.15) is 5.10 Å². The summed E-state index contributed by atoms with van der Waals surface area (Å²) in [6.07, 6.45) is 2.65. The van der Waals surface area contributed by atoms with Gasteiger partial charge in [-0.25, -0.2) is 5.10 Å². The number of aryl methyl sites for hydroxylation is 1. The molecule has 0 spiro atoms. The second-order valence-corrected chi connectivity index (χ2v) is 4.78. The third-order valence-corrected chi connectivity index (χ3v) is 3.27. The van der Waals surface area contributed by atoms with Crippen molar-refractivity contribution in [2.24, 2.45) is 0 Å². The smallest absolute Gasteiger partial charge is 0.305 e. The molecule has 21 heavy (non-hydrogen) atoms. The van der Waals surface area contributed by atoms with Crippen molar-refractivity contribution >= 4 is 11.9 Å². The number of H-pyrrole nitrogens is 1. The number of esters is 1. The highest BCUT2D eigenvalue weighted by Gasteiger charge is 2.15. The first-order valence-corrected chi connectivity index (χ1v) is 6.88. The van der Waals surface area contributed by atoms with Crippen LogP contribution in [0.5, 0.6) is 0 Å². The molecule has 0 radical (unpaired) electrons. The van der Waals surface area contributed by atoms with Crippen molar-refractivity contribution in [3.05, 3.63) is 27.2 Å². The van der Waals surface area contributed by atoms with Crippen LogP contribution in [0.15, 0.2) is 4.79 Å². The molecule has 7 nitrogen and oxygen atoms in total. The lowest BCUT2D eigenvalue weighted by atomic mass is 10.1. The lowest BCUT2D eigenvalue weighted by molar-refractivity contribution is -0.140. The molecule has 1 aromatic rings. The molecule has 0 fully saturated rings. The monoisotopic (exact) mass is 295 g/mol. The average molecular weight is 295 g/mol. The van der Waals surface area contributed by atoms with E-state index >= 15 is 0 Å². The number of nitrogens with zero attached hydrogens (tertiary/aromatic N) is 1. The van der Waals surface area contributed by atoms with E-state index in [4.69, 9.17) is 0 Å². The quantitative estimate of drug-likeness (QED) is 0.573. The van der Waals surface area contributed by atoms with Gasteiger partial charge in [-0.1, -0.05) is 6.42 Å². The van der Waals surface area contributed by atoms with Crippen LogP contribution in [0.4, 0.5) is 0 Å². The van der Waals surface area contributed by atoms with Gasteiger partial charge in [0.2, 0.25) is 0 Å². The van der Waals surface area contributed by atoms with E-state index in [0.29, 0.717) is 24.2 Å². The summed E-state index contributed by atoms with van der Waals surface area (Å²) in [4.78, 5) is 34.5. The number of aromatic amines is 1. The van der Waals surface area contributed by atoms with Crippen LogP contribution in [-0.4, -0.2) is 35.7 Å². The average Bonchev–Trinajstić information content (AvgIpc) is 2.46. The van der Waals surface area contributed by atoms with Crippen molar-refractivity contribution in [1.29, 1.82) is 0 Å². The van der Waals surface area contributed by atoms with Gasteiger partial charge in [0, 0.05) is 13.0 Å². The summed E-state index contributed by atoms with van der Waals surface area (Å²) in [5.74, 6) is -0.624. The molecule has 116 valence electrons. The maximum Gasteiger partial charge on any atom is 0.305 e. The number of nitrogens with one attached hydrogen (secondary N) is 2. The van der Waals surface area contributed by atoms with Crippen LogP contribution in [0.3, 0.4) is 0 Å². The molecule has 1 aromatic heterocycles. The highest BCUT2D eigenvalue weighted by molar-refractivity contribution is 5.95. The fraction of sp³-hybridized carbons (Fsp3) is 0.571. The largest absolute Gasteiger partial charge is 0.469 e. The van der Waals surface area contributed by atoms with E-state index in [0.717, 1.165) is 19.3 Å². The molecule has 7 heteroatoms. The highest BCUT2D eigenvalue weighted by Crippen LogP contribution is 2.05. The molecule has 2 N–H and O–H groups in total. The van der Waals surface area contributed by atoms with Gasteiger partial charge >= 0.3 is 5.97 Å². The Morgan fingerprint density at radius 3 is 2.62 bits per heavy atom. The lowest BCUT2D eigenvalue weighted by Crippen LogP contribution is -2.32. The van der Waals surface area contributed by atoms with E-state index in [1.807, 2.05) is 0 Å². The molecule has 1 amide bonds. The molecule has 0 bridgehead atoms. The topological polar surface area (TPSA) is 101 Å². The number of unbranched alkanes of at least 4 members (excludes halogenated alkanes) is 2. The number of hydrogen-bond donors (Lipinski definition) is 2. The summed E-state index contributed by atoms with van der Waals surface area (Å²) in [6.45, 7) is 3.89. The first kappa shape index (κ1) is 16.9. The maximum absolute atomic E-state index is 12.0. The number of hydrogen-bond acceptors (Lipinski definition) is 5. The number of aromatic nitrogens is 2. The van der Waals surface area contributed by atoms with Crippen molar-refractivity contribution < 1.29 is 14.3 Å². The number of methoxy groups -OCH3 is 1. The lowest BCUT2D eigenvalue weighted by Gasteiger charge is -2.07. The Morgan fingerprint density at radius 1 is 1.24 bits per heavy atom. The van der Waals surface area contributed by atoms with Crippen LogP contribution in [0.2, 0.25) is 0 Å². The molecule has 0 unspecified atom stereocenters. The van der Waals surface area contributed by atoms with Gasteiger partial charge in [0.25, 0.3) is 11.5 Å². The summed E-state index contributed by atoms with van der Waals surface area (Å²) in [7, 11) is 1.36. The minimum Gasteiger partial charge on any atom is -0.469 e. The van der Waals surface area contributed by atoms with Crippen molar-refractivity contribution in [3.8, 4) is 0 Å². The van der Waals surface area contributed by atoms with Crippen LogP contribution in [0, 0.1) is 13.8 Å². The highest BCUT2D eigenvalue weighted by atomic mass is 16.5. The Morgan fingerprint density at radius 2 is 1.95 bits per heavy atom. The van der Waals surface area contributed by atoms with E-state index < -0.39 is 11.5 Å². The fourth-order valence-corrected chi connectivity index (χ4v) is 1.86. The van der Waals surface area contributed by atoms with Crippen molar-refractivity contribution in [1.82, 2.24) is 15.5 Å². The van der Waals surface area contributed by atoms with Crippen molar-refractivity contribution in [3.63, 3.8) is 0 Å². The van der Waals surface area contributed by atoms with Crippen LogP contribution >= 0.6 is 0 Å². The van der Waals surface area contributed by atoms with Crippen LogP contribution in [0.25, 0.3) is 0 Å². The van der Waals surface area contributed by atoms with Gasteiger partial charge < -0.3 is 10.1 Å². The summed E-state index contributed by atoms with van der Waals surface area (Å²) >= 11 is 0. The summed E-state index contributed by atoms with van der Waals surface area (Å²) in [5, 5.41) is 8.81. The van der Waals surface area contributed by atoms with E-state index in [2.05, 4.69) is 20.3 Å². The summed E-state index contributed by atoms with van der Waals surface area (Å²) < 4.78 is 4.54. The zero-order valence-corrected chi connectivity index (χ0v) is 12.6. The maximum atomic E-state index is 12.0. The van der Waals surface area contributed by atoms with Crippen LogP contribution < -0.4 is 10.9 Å². The molecular weight excluding hydrogens is 274 g/mol. The van der Waals surface area contributed by atoms with Crippen molar-refractivity contribution in [2.45, 2.75) is 39.5 Å². The summed E-state index contributed by atoms with van der Waals surface area (Å²) in [6, 6.07) is 0. The van der Waals surface area contributed by atoms with Gasteiger partial charge in [-0.3, -0.25) is 14.4 Å². The first-order valence-electron chi connectivity index (χ1n) is 6.88. The van der Waals surface area contributed by atoms with Gasteiger partial charge in [-0.15, -0.1) is 0 Å². The molecule has 0 atom stereocenters. The fourth-order valence-electron chi connectivity index (χ4n) is 1.86. The predicted octanol–water partition coefficient (Wildman–Crippen LogP) is 0.850. The van der Waals surface area contributed by atoms with E-state index in [9.17, 15) is 14.4 Å². The zero-order chi connectivity index (χ0) is 15.8. The van der Waals surface area contributed by atoms with Gasteiger partial charge in [0.1, 0.15) is 5.56 Å². The minimum atomic E-state index is -0.485. The van der Waals surface area contributed by atoms with Gasteiger partial charge in [0.05, 0.1) is 12.8 Å². The van der Waals surface area contributed by atoms with Crippen molar-refractivity contribution in [2.75, 3.05) is 13.7 Å². The molecule has 0 aliphatic carbocycles. The molecular formula is C14H21N3O4. The molecule has 0 saturated carbocycles. The normalized spacial score (nSPS) is 10.2. The predicted molar refractivity (Wildman–Crippen MR) is 77.1 cm³/mol. The van der Waals surface area contributed by atoms with E-state index in [1.165, 1.54) is 7.11 Å². The number of carbonyl (C=O) groups is 2. The standard InChI is InChI=1S/C14H21N3O4/c1-9-10(2)16-17-14(20)12(9)13(19)15-8-6-4-5-7-11(18)21-3/h4-8H2,1-3H3,(H,15,19)(H,17,20). The molecule has 0 aliphatic heterocycles. The molecule has 0 saturated heterocycles. The van der Waals surface area contributed by atoms with E-state index in [-0.39, 0.29) is 11.5 Å². The second-order valence-electron chi connectivity index (χ2n) is 4.78. The van der Waals surface area contributed by atoms with E-state index in [1.54, 1.807) is 13.8 Å². The number of ether oxygens (including phenoxy) is 1. The Balaban J connectivity index is 2.40. The SMILES string of the molecule is COC(=O)CCCCCNC(=O)c1c(C)c(C)n[nH]c1=O. The molecule has 1 heterocycles. The third-order valence-electron chi connectivity index (χ3n) is 3.27. The first-order chi connectivity index (χ1) is 9.97. The van der Waals surface area contributed by atoms with Crippen LogP contribution in [-0.2, 0) is 9.53 Å². The number of carbonyl (C=O) groups excluding carboxylic acids is 2. The third kappa shape index (κ3) is 5.02. The second kappa shape index (κ2) is 8.18. The van der Waals surface area contributed by atoms with Gasteiger partial charge in [-0.05, 0) is 32.3 Å². The minimum absolute atomic E-state index is 0.108. The number of amides is 1. The Labute approximate surface area is 123 Å².